The molecule has 0 aliphatic rings. The smallest absolute Gasteiger partial charge is 0.335 e. The van der Waals surface area contributed by atoms with Crippen LogP contribution in [-0.4, -0.2) is 35.3 Å². The topological polar surface area (TPSA) is 121 Å². The van der Waals surface area contributed by atoms with Crippen LogP contribution in [0.5, 0.6) is 0 Å². The zero-order chi connectivity index (χ0) is 15.7. The molecule has 0 spiro atoms. The van der Waals surface area contributed by atoms with E-state index in [1.807, 2.05) is 0 Å². The molecule has 8 heteroatoms. The van der Waals surface area contributed by atoms with Gasteiger partial charge in [0.05, 0.1) is 21.6 Å². The lowest BCUT2D eigenvalue weighted by molar-refractivity contribution is 0.0696. The van der Waals surface area contributed by atoms with E-state index in [-0.39, 0.29) is 16.8 Å². The Labute approximate surface area is 116 Å². The van der Waals surface area contributed by atoms with Crippen molar-refractivity contribution in [3.05, 3.63) is 29.3 Å². The average Bonchev–Trinajstić information content (AvgIpc) is 2.26. The third-order valence-corrected chi connectivity index (χ3v) is 4.60. The minimum absolute atomic E-state index is 0.0998. The van der Waals surface area contributed by atoms with Crippen LogP contribution in [0.2, 0.25) is 0 Å². The van der Waals surface area contributed by atoms with Crippen LogP contribution in [0.25, 0.3) is 0 Å². The summed E-state index contributed by atoms with van der Waals surface area (Å²) in [5, 5.41) is 17.8. The van der Waals surface area contributed by atoms with E-state index < -0.39 is 26.7 Å². The van der Waals surface area contributed by atoms with Crippen molar-refractivity contribution in [1.29, 1.82) is 0 Å². The van der Waals surface area contributed by atoms with Gasteiger partial charge in [0, 0.05) is 0 Å². The molecule has 0 aromatic heterocycles. The molecule has 0 atom stereocenters. The molecule has 110 valence electrons. The normalized spacial score (nSPS) is 11.9. The van der Waals surface area contributed by atoms with Gasteiger partial charge in [-0.2, -0.15) is 0 Å². The average molecular weight is 301 g/mol. The fourth-order valence-electron chi connectivity index (χ4n) is 1.24. The zero-order valence-corrected chi connectivity index (χ0v) is 12.0. The first-order chi connectivity index (χ1) is 8.94. The molecule has 0 aliphatic carbocycles. The SMILES string of the molecule is CC(C)(C)S(=O)(=O)Nc1cc(C(=O)O)cc(C(=O)O)c1. The second-order valence-electron chi connectivity index (χ2n) is 5.13. The van der Waals surface area contributed by atoms with Crippen LogP contribution in [0.15, 0.2) is 18.2 Å². The molecule has 0 bridgehead atoms. The van der Waals surface area contributed by atoms with Gasteiger partial charge in [-0.05, 0) is 39.0 Å². The highest BCUT2D eigenvalue weighted by Gasteiger charge is 2.29. The molecule has 0 saturated heterocycles. The number of nitrogens with one attached hydrogen (secondary N) is 1. The van der Waals surface area contributed by atoms with Crippen LogP contribution >= 0.6 is 0 Å². The molecule has 20 heavy (non-hydrogen) atoms. The lowest BCUT2D eigenvalue weighted by Gasteiger charge is -2.20. The third-order valence-electron chi connectivity index (χ3n) is 2.49. The van der Waals surface area contributed by atoms with Gasteiger partial charge in [-0.3, -0.25) is 4.72 Å². The lowest BCUT2D eigenvalue weighted by atomic mass is 10.1. The second-order valence-corrected chi connectivity index (χ2v) is 7.56. The number of carbonyl (C=O) groups is 2. The number of hydrogen-bond donors (Lipinski definition) is 3. The quantitative estimate of drug-likeness (QED) is 0.777. The number of sulfonamides is 1. The Hall–Kier alpha value is -2.09. The number of benzene rings is 1. The van der Waals surface area contributed by atoms with Crippen LogP contribution in [0.1, 0.15) is 41.5 Å². The zero-order valence-electron chi connectivity index (χ0n) is 11.2. The van der Waals surface area contributed by atoms with Crippen LogP contribution in [0.3, 0.4) is 0 Å². The van der Waals surface area contributed by atoms with Gasteiger partial charge in [0.25, 0.3) is 0 Å². The predicted molar refractivity (Wildman–Crippen MR) is 72.7 cm³/mol. The van der Waals surface area contributed by atoms with E-state index >= 15 is 0 Å². The van der Waals surface area contributed by atoms with Gasteiger partial charge in [-0.1, -0.05) is 0 Å². The Kier molecular flexibility index (Phi) is 4.09. The van der Waals surface area contributed by atoms with Crippen LogP contribution in [-0.2, 0) is 10.0 Å². The van der Waals surface area contributed by atoms with Gasteiger partial charge in [-0.15, -0.1) is 0 Å². The van der Waals surface area contributed by atoms with Crippen molar-refractivity contribution >= 4 is 27.6 Å². The van der Waals surface area contributed by atoms with E-state index in [2.05, 4.69) is 4.72 Å². The Morgan fingerprint density at radius 2 is 1.40 bits per heavy atom. The van der Waals surface area contributed by atoms with Crippen LogP contribution in [0, 0.1) is 0 Å². The summed E-state index contributed by atoms with van der Waals surface area (Å²) in [5.41, 5.74) is -0.717. The van der Waals surface area contributed by atoms with Crippen molar-refractivity contribution in [2.24, 2.45) is 0 Å². The second kappa shape index (κ2) is 5.12. The molecule has 0 unspecified atom stereocenters. The molecular weight excluding hydrogens is 286 g/mol. The van der Waals surface area contributed by atoms with Crippen LogP contribution < -0.4 is 4.72 Å². The third kappa shape index (κ3) is 3.47. The van der Waals surface area contributed by atoms with E-state index in [0.717, 1.165) is 18.2 Å². The van der Waals surface area contributed by atoms with Crippen molar-refractivity contribution in [3.8, 4) is 0 Å². The fourth-order valence-corrected chi connectivity index (χ4v) is 1.98. The first kappa shape index (κ1) is 16.0. The molecule has 0 saturated carbocycles. The first-order valence-corrected chi connectivity index (χ1v) is 7.06. The minimum Gasteiger partial charge on any atom is -0.478 e. The van der Waals surface area contributed by atoms with E-state index in [4.69, 9.17) is 10.2 Å². The standard InChI is InChI=1S/C12H15NO6S/c1-12(2,3)20(18,19)13-9-5-7(10(14)15)4-8(6-9)11(16)17/h4-6,13H,1-3H3,(H,14,15)(H,16,17). The Morgan fingerprint density at radius 3 is 1.70 bits per heavy atom. The molecule has 3 N–H and O–H groups in total. The summed E-state index contributed by atoms with van der Waals surface area (Å²) < 4.78 is 25.0. The van der Waals surface area contributed by atoms with Gasteiger partial charge < -0.3 is 10.2 Å². The maximum atomic E-state index is 12.0. The lowest BCUT2D eigenvalue weighted by Crippen LogP contribution is -2.33. The number of carboxylic acids is 2. The summed E-state index contributed by atoms with van der Waals surface area (Å²) in [5.74, 6) is -2.69. The fraction of sp³-hybridized carbons (Fsp3) is 0.333. The van der Waals surface area contributed by atoms with Crippen molar-refractivity contribution in [1.82, 2.24) is 0 Å². The first-order valence-electron chi connectivity index (χ1n) is 5.58. The van der Waals surface area contributed by atoms with E-state index in [9.17, 15) is 18.0 Å². The summed E-state index contributed by atoms with van der Waals surface area (Å²) in [6.45, 7) is 4.40. The van der Waals surface area contributed by atoms with Gasteiger partial charge in [-0.25, -0.2) is 18.0 Å². The van der Waals surface area contributed by atoms with Gasteiger partial charge in [0.1, 0.15) is 0 Å². The van der Waals surface area contributed by atoms with Gasteiger partial charge in [0.15, 0.2) is 0 Å². The molecule has 1 aromatic rings. The molecule has 0 radical (unpaired) electrons. The Bertz CT molecular complexity index is 625. The largest absolute Gasteiger partial charge is 0.478 e. The summed E-state index contributed by atoms with van der Waals surface area (Å²) in [6.07, 6.45) is 0. The highest BCUT2D eigenvalue weighted by Crippen LogP contribution is 2.22. The Balaban J connectivity index is 3.33. The van der Waals surface area contributed by atoms with E-state index in [0.29, 0.717) is 0 Å². The molecule has 1 rings (SSSR count). The van der Waals surface area contributed by atoms with Crippen molar-refractivity contribution in [3.63, 3.8) is 0 Å². The monoisotopic (exact) mass is 301 g/mol. The summed E-state index contributed by atoms with van der Waals surface area (Å²) in [7, 11) is -3.77. The van der Waals surface area contributed by atoms with Gasteiger partial charge in [0.2, 0.25) is 10.0 Å². The number of aromatic carboxylic acids is 2. The maximum Gasteiger partial charge on any atom is 0.335 e. The highest BCUT2D eigenvalue weighted by molar-refractivity contribution is 7.94. The summed E-state index contributed by atoms with van der Waals surface area (Å²) in [6, 6.07) is 3.09. The molecule has 0 amide bonds. The summed E-state index contributed by atoms with van der Waals surface area (Å²) >= 11 is 0. The van der Waals surface area contributed by atoms with E-state index in [1.54, 1.807) is 0 Å². The molecule has 0 fully saturated rings. The summed E-state index contributed by atoms with van der Waals surface area (Å²) in [4.78, 5) is 21.8. The van der Waals surface area contributed by atoms with Crippen molar-refractivity contribution in [2.45, 2.75) is 25.5 Å². The van der Waals surface area contributed by atoms with Crippen LogP contribution in [0.4, 0.5) is 5.69 Å². The number of rotatable bonds is 4. The molecule has 0 aliphatic heterocycles. The number of carboxylic acid groups (broad SMARTS) is 2. The van der Waals surface area contributed by atoms with E-state index in [1.165, 1.54) is 20.8 Å². The predicted octanol–water partition coefficient (Wildman–Crippen LogP) is 1.62. The highest BCUT2D eigenvalue weighted by atomic mass is 32.2. The minimum atomic E-state index is -3.77. The number of hydrogen-bond acceptors (Lipinski definition) is 4. The van der Waals surface area contributed by atoms with Crippen molar-refractivity contribution in [2.75, 3.05) is 4.72 Å². The molecular formula is C12H15NO6S. The Morgan fingerprint density at radius 1 is 1.00 bits per heavy atom. The molecule has 1 aromatic carbocycles. The maximum absolute atomic E-state index is 12.0. The van der Waals surface area contributed by atoms with Crippen molar-refractivity contribution < 1.29 is 28.2 Å². The number of anilines is 1. The molecule has 7 nitrogen and oxygen atoms in total. The van der Waals surface area contributed by atoms with Gasteiger partial charge >= 0.3 is 11.9 Å². The molecule has 0 heterocycles.